The van der Waals surface area contributed by atoms with Crippen LogP contribution in [0.5, 0.6) is 0 Å². The summed E-state index contributed by atoms with van der Waals surface area (Å²) in [5.74, 6) is 0.148. The zero-order valence-corrected chi connectivity index (χ0v) is 15.6. The number of hydrogen-bond acceptors (Lipinski definition) is 4. The van der Waals surface area contributed by atoms with Gasteiger partial charge in [0.2, 0.25) is 0 Å². The van der Waals surface area contributed by atoms with Crippen LogP contribution in [0.1, 0.15) is 38.7 Å². The quantitative estimate of drug-likeness (QED) is 0.605. The summed E-state index contributed by atoms with van der Waals surface area (Å²) >= 11 is 0. The first-order valence-corrected chi connectivity index (χ1v) is 9.29. The van der Waals surface area contributed by atoms with Crippen molar-refractivity contribution in [3.05, 3.63) is 29.8 Å². The number of hydrogen-bond donors (Lipinski definition) is 2. The Hall–Kier alpha value is -2.39. The van der Waals surface area contributed by atoms with Crippen molar-refractivity contribution in [2.75, 3.05) is 31.5 Å². The topological polar surface area (TPSA) is 85.2 Å². The summed E-state index contributed by atoms with van der Waals surface area (Å²) in [5, 5.41) is 14.0. The first kappa shape index (κ1) is 19.9. The fourth-order valence-corrected chi connectivity index (χ4v) is 3.57. The van der Waals surface area contributed by atoms with E-state index in [1.165, 1.54) is 12.5 Å². The van der Waals surface area contributed by atoms with Crippen molar-refractivity contribution in [3.63, 3.8) is 0 Å². The van der Waals surface area contributed by atoms with Gasteiger partial charge in [0.15, 0.2) is 0 Å². The van der Waals surface area contributed by atoms with Crippen LogP contribution in [0.4, 0.5) is 5.69 Å². The monoisotopic (exact) mass is 356 g/mol. The zero-order chi connectivity index (χ0) is 18.9. The lowest BCUT2D eigenvalue weighted by atomic mass is 9.92. The van der Waals surface area contributed by atoms with Gasteiger partial charge in [-0.3, -0.25) is 9.59 Å². The highest BCUT2D eigenvalue weighted by atomic mass is 16.2. The summed E-state index contributed by atoms with van der Waals surface area (Å²) in [6, 6.07) is 8.47. The van der Waals surface area contributed by atoms with Crippen LogP contribution in [0.25, 0.3) is 0 Å². The van der Waals surface area contributed by atoms with Gasteiger partial charge in [-0.15, -0.1) is 0 Å². The fourth-order valence-electron chi connectivity index (χ4n) is 3.57. The minimum absolute atomic E-state index is 0.435. The second kappa shape index (κ2) is 9.93. The number of carbonyl (C=O) groups is 2. The number of amides is 2. The number of nitrogens with one attached hydrogen (secondary N) is 2. The van der Waals surface area contributed by atoms with Gasteiger partial charge in [-0.1, -0.05) is 19.9 Å². The van der Waals surface area contributed by atoms with Gasteiger partial charge in [-0.05, 0) is 55.8 Å². The van der Waals surface area contributed by atoms with Crippen LogP contribution >= 0.6 is 0 Å². The number of unbranched alkanes of at least 4 members (excludes halogenated alkanes) is 1. The summed E-state index contributed by atoms with van der Waals surface area (Å²) in [5.41, 5.74) is 0.877. The van der Waals surface area contributed by atoms with E-state index in [1.807, 2.05) is 6.07 Å². The molecule has 1 aromatic rings. The molecule has 6 heteroatoms. The molecule has 1 aliphatic heterocycles. The Morgan fingerprint density at radius 1 is 1.19 bits per heavy atom. The maximum atomic E-state index is 11.9. The van der Waals surface area contributed by atoms with Crippen LogP contribution in [-0.4, -0.2) is 42.9 Å². The van der Waals surface area contributed by atoms with Crippen LogP contribution in [0, 0.1) is 23.2 Å². The van der Waals surface area contributed by atoms with E-state index in [0.29, 0.717) is 17.8 Å². The molecule has 2 atom stereocenters. The third-order valence-corrected chi connectivity index (χ3v) is 4.59. The van der Waals surface area contributed by atoms with Gasteiger partial charge >= 0.3 is 11.8 Å². The number of benzene rings is 1. The summed E-state index contributed by atoms with van der Waals surface area (Å²) in [6.45, 7) is 8.43. The van der Waals surface area contributed by atoms with Crippen molar-refractivity contribution < 1.29 is 9.59 Å². The van der Waals surface area contributed by atoms with Gasteiger partial charge in [0, 0.05) is 25.3 Å². The molecule has 0 spiro atoms. The second-order valence-electron chi connectivity index (χ2n) is 7.32. The van der Waals surface area contributed by atoms with Gasteiger partial charge in [-0.2, -0.15) is 5.26 Å². The molecule has 1 saturated heterocycles. The molecule has 6 nitrogen and oxygen atoms in total. The lowest BCUT2D eigenvalue weighted by molar-refractivity contribution is -0.136. The summed E-state index contributed by atoms with van der Waals surface area (Å²) in [4.78, 5) is 26.2. The average molecular weight is 356 g/mol. The lowest BCUT2D eigenvalue weighted by Gasteiger charge is -2.34. The number of carbonyl (C=O) groups excluding carboxylic acids is 2. The molecule has 2 amide bonds. The van der Waals surface area contributed by atoms with Crippen LogP contribution in [0.3, 0.4) is 0 Å². The highest BCUT2D eigenvalue weighted by Crippen LogP contribution is 2.20. The van der Waals surface area contributed by atoms with E-state index in [2.05, 4.69) is 29.4 Å². The Kier molecular flexibility index (Phi) is 7.61. The molecule has 140 valence electrons. The molecule has 0 bridgehead atoms. The van der Waals surface area contributed by atoms with E-state index in [1.54, 1.807) is 18.2 Å². The number of nitrogens with zero attached hydrogens (tertiary/aromatic N) is 2. The largest absolute Gasteiger partial charge is 0.348 e. The average Bonchev–Trinajstić information content (AvgIpc) is 2.60. The van der Waals surface area contributed by atoms with Crippen molar-refractivity contribution in [2.45, 2.75) is 33.1 Å². The minimum Gasteiger partial charge on any atom is -0.348 e. The Morgan fingerprint density at radius 2 is 1.92 bits per heavy atom. The Bertz CT molecular complexity index is 658. The molecule has 0 saturated carbocycles. The Morgan fingerprint density at radius 3 is 2.62 bits per heavy atom. The predicted octanol–water partition coefficient (Wildman–Crippen LogP) is 2.37. The number of anilines is 1. The molecule has 1 heterocycles. The van der Waals surface area contributed by atoms with Crippen molar-refractivity contribution in [1.29, 1.82) is 5.26 Å². The fraction of sp³-hybridized carbons (Fsp3) is 0.550. The van der Waals surface area contributed by atoms with Crippen LogP contribution in [0.15, 0.2) is 24.3 Å². The summed E-state index contributed by atoms with van der Waals surface area (Å²) in [6.07, 6.45) is 3.16. The van der Waals surface area contributed by atoms with Crippen molar-refractivity contribution in [2.24, 2.45) is 11.8 Å². The first-order chi connectivity index (χ1) is 12.5. The number of likely N-dealkylation sites (tertiary alicyclic amines) is 1. The molecule has 1 fully saturated rings. The number of nitriles is 1. The number of piperidine rings is 1. The van der Waals surface area contributed by atoms with Crippen LogP contribution < -0.4 is 10.6 Å². The van der Waals surface area contributed by atoms with E-state index >= 15 is 0 Å². The predicted molar refractivity (Wildman–Crippen MR) is 101 cm³/mol. The van der Waals surface area contributed by atoms with Crippen molar-refractivity contribution in [1.82, 2.24) is 10.2 Å². The molecule has 1 aromatic carbocycles. The van der Waals surface area contributed by atoms with Crippen molar-refractivity contribution in [3.8, 4) is 6.07 Å². The SMILES string of the molecule is CC1CC(C)CN(CCCCNC(=O)C(=O)Nc2cccc(C#N)c2)C1. The minimum atomic E-state index is -0.709. The number of rotatable bonds is 6. The third-order valence-electron chi connectivity index (χ3n) is 4.59. The van der Waals surface area contributed by atoms with E-state index in [-0.39, 0.29) is 0 Å². The molecule has 0 aromatic heterocycles. The molecule has 2 unspecified atom stereocenters. The highest BCUT2D eigenvalue weighted by Gasteiger charge is 2.21. The van der Waals surface area contributed by atoms with E-state index in [4.69, 9.17) is 5.26 Å². The van der Waals surface area contributed by atoms with Gasteiger partial charge < -0.3 is 15.5 Å². The molecule has 0 aliphatic carbocycles. The standard InChI is InChI=1S/C20H28N4O2/c1-15-10-16(2)14-24(13-15)9-4-3-8-22-19(25)20(26)23-18-7-5-6-17(11-18)12-21/h5-7,11,15-16H,3-4,8-10,13-14H2,1-2H3,(H,22,25)(H,23,26). The molecule has 26 heavy (non-hydrogen) atoms. The van der Waals surface area contributed by atoms with Crippen LogP contribution in [-0.2, 0) is 9.59 Å². The summed E-state index contributed by atoms with van der Waals surface area (Å²) < 4.78 is 0. The molecular formula is C20H28N4O2. The van der Waals surface area contributed by atoms with E-state index in [0.717, 1.165) is 44.3 Å². The Labute approximate surface area is 155 Å². The van der Waals surface area contributed by atoms with Crippen LogP contribution in [0.2, 0.25) is 0 Å². The maximum absolute atomic E-state index is 11.9. The molecule has 0 radical (unpaired) electrons. The van der Waals surface area contributed by atoms with Gasteiger partial charge in [0.1, 0.15) is 0 Å². The molecule has 2 rings (SSSR count). The van der Waals surface area contributed by atoms with Gasteiger partial charge in [0.25, 0.3) is 0 Å². The molecule has 1 aliphatic rings. The van der Waals surface area contributed by atoms with Gasteiger partial charge in [0.05, 0.1) is 11.6 Å². The second-order valence-corrected chi connectivity index (χ2v) is 7.32. The smallest absolute Gasteiger partial charge is 0.313 e. The maximum Gasteiger partial charge on any atom is 0.313 e. The van der Waals surface area contributed by atoms with E-state index < -0.39 is 11.8 Å². The third kappa shape index (κ3) is 6.49. The lowest BCUT2D eigenvalue weighted by Crippen LogP contribution is -2.39. The normalized spacial score (nSPS) is 20.2. The molecule has 2 N–H and O–H groups in total. The van der Waals surface area contributed by atoms with E-state index in [9.17, 15) is 9.59 Å². The molecular weight excluding hydrogens is 328 g/mol. The summed E-state index contributed by atoms with van der Waals surface area (Å²) in [7, 11) is 0. The van der Waals surface area contributed by atoms with Gasteiger partial charge in [-0.25, -0.2) is 0 Å². The Balaban J connectivity index is 1.63. The van der Waals surface area contributed by atoms with Crippen molar-refractivity contribution >= 4 is 17.5 Å². The zero-order valence-electron chi connectivity index (χ0n) is 15.6. The first-order valence-electron chi connectivity index (χ1n) is 9.29. The highest BCUT2D eigenvalue weighted by molar-refractivity contribution is 6.39.